The summed E-state index contributed by atoms with van der Waals surface area (Å²) in [5, 5.41) is 0. The van der Waals surface area contributed by atoms with Crippen molar-refractivity contribution < 1.29 is 19.0 Å². The van der Waals surface area contributed by atoms with Crippen molar-refractivity contribution in [3.05, 3.63) is 53.6 Å². The van der Waals surface area contributed by atoms with Gasteiger partial charge in [-0.3, -0.25) is 4.79 Å². The molecule has 0 N–H and O–H groups in total. The van der Waals surface area contributed by atoms with Crippen LogP contribution in [0.15, 0.2) is 42.5 Å². The molecular weight excluding hydrogens is 268 g/mol. The number of ether oxygens (including phenoxy) is 3. The van der Waals surface area contributed by atoms with Crippen LogP contribution in [-0.4, -0.2) is 20.2 Å². The number of fused-ring (bicyclic) bond motifs is 1. The molecule has 3 rings (SSSR count). The maximum atomic E-state index is 12.0. The summed E-state index contributed by atoms with van der Waals surface area (Å²) in [7, 11) is 3.20. The first-order valence-electron chi connectivity index (χ1n) is 6.75. The maximum absolute atomic E-state index is 12.0. The summed E-state index contributed by atoms with van der Waals surface area (Å²) < 4.78 is 16.1. The first-order valence-corrected chi connectivity index (χ1v) is 6.75. The zero-order valence-electron chi connectivity index (χ0n) is 12.0. The van der Waals surface area contributed by atoms with E-state index < -0.39 is 0 Å². The van der Waals surface area contributed by atoms with Crippen LogP contribution in [0.3, 0.4) is 0 Å². The minimum atomic E-state index is -0.261. The Labute approximate surface area is 123 Å². The predicted octanol–water partition coefficient (Wildman–Crippen LogP) is 3.14. The van der Waals surface area contributed by atoms with Crippen LogP contribution in [-0.2, 0) is 4.79 Å². The number of rotatable bonds is 3. The van der Waals surface area contributed by atoms with E-state index in [0.29, 0.717) is 17.9 Å². The molecule has 0 saturated carbocycles. The number of carbonyl (C=O) groups excluding carboxylic acids is 1. The van der Waals surface area contributed by atoms with E-state index in [4.69, 9.17) is 14.2 Å². The van der Waals surface area contributed by atoms with Crippen molar-refractivity contribution in [1.82, 2.24) is 0 Å². The molecule has 1 aliphatic heterocycles. The van der Waals surface area contributed by atoms with Crippen molar-refractivity contribution in [2.45, 2.75) is 12.3 Å². The minimum absolute atomic E-state index is 0.0903. The molecule has 108 valence electrons. The molecule has 2 aromatic carbocycles. The zero-order chi connectivity index (χ0) is 14.8. The molecule has 0 amide bonds. The van der Waals surface area contributed by atoms with Gasteiger partial charge in [-0.25, -0.2) is 0 Å². The molecule has 1 atom stereocenters. The Morgan fingerprint density at radius 1 is 0.952 bits per heavy atom. The predicted molar refractivity (Wildman–Crippen MR) is 78.1 cm³/mol. The van der Waals surface area contributed by atoms with E-state index in [0.717, 1.165) is 16.9 Å². The first-order chi connectivity index (χ1) is 10.2. The number of benzene rings is 2. The van der Waals surface area contributed by atoms with E-state index in [-0.39, 0.29) is 11.9 Å². The van der Waals surface area contributed by atoms with Crippen LogP contribution in [0.1, 0.15) is 23.5 Å². The third-order valence-electron chi connectivity index (χ3n) is 3.71. The molecule has 0 spiro atoms. The lowest BCUT2D eigenvalue weighted by Gasteiger charge is -2.27. The van der Waals surface area contributed by atoms with Gasteiger partial charge in [-0.15, -0.1) is 0 Å². The molecule has 0 unspecified atom stereocenters. The third-order valence-corrected chi connectivity index (χ3v) is 3.71. The van der Waals surface area contributed by atoms with Gasteiger partial charge in [0.25, 0.3) is 0 Å². The summed E-state index contributed by atoms with van der Waals surface area (Å²) in [5.41, 5.74) is 1.92. The summed E-state index contributed by atoms with van der Waals surface area (Å²) >= 11 is 0. The summed E-state index contributed by atoms with van der Waals surface area (Å²) in [6.45, 7) is 0. The molecule has 4 heteroatoms. The zero-order valence-corrected chi connectivity index (χ0v) is 12.0. The van der Waals surface area contributed by atoms with Gasteiger partial charge in [0.1, 0.15) is 5.75 Å². The van der Waals surface area contributed by atoms with Crippen LogP contribution in [0.4, 0.5) is 0 Å². The van der Waals surface area contributed by atoms with E-state index in [9.17, 15) is 4.79 Å². The van der Waals surface area contributed by atoms with Crippen molar-refractivity contribution in [1.29, 1.82) is 0 Å². The largest absolute Gasteiger partial charge is 0.496 e. The Morgan fingerprint density at radius 3 is 2.38 bits per heavy atom. The van der Waals surface area contributed by atoms with Gasteiger partial charge in [-0.05, 0) is 12.1 Å². The van der Waals surface area contributed by atoms with E-state index in [1.54, 1.807) is 20.3 Å². The Balaban J connectivity index is 2.15. The first kappa shape index (κ1) is 13.5. The highest BCUT2D eigenvalue weighted by Gasteiger charge is 2.32. The SMILES string of the molecule is COc1ccccc1[C@@H]1CC(=O)Oc2c(OC)cccc21. The lowest BCUT2D eigenvalue weighted by Crippen LogP contribution is -2.21. The normalized spacial score (nSPS) is 16.9. The molecule has 2 aromatic rings. The monoisotopic (exact) mass is 284 g/mol. The van der Waals surface area contributed by atoms with Crippen molar-refractivity contribution in [3.8, 4) is 17.2 Å². The molecule has 21 heavy (non-hydrogen) atoms. The van der Waals surface area contributed by atoms with Gasteiger partial charge < -0.3 is 14.2 Å². The Bertz CT molecular complexity index is 678. The molecule has 1 heterocycles. The van der Waals surface area contributed by atoms with Crippen molar-refractivity contribution >= 4 is 5.97 Å². The molecule has 0 bridgehead atoms. The smallest absolute Gasteiger partial charge is 0.312 e. The Morgan fingerprint density at radius 2 is 1.62 bits per heavy atom. The van der Waals surface area contributed by atoms with Crippen LogP contribution in [0.25, 0.3) is 0 Å². The van der Waals surface area contributed by atoms with Crippen molar-refractivity contribution in [3.63, 3.8) is 0 Å². The third kappa shape index (κ3) is 2.33. The van der Waals surface area contributed by atoms with Gasteiger partial charge in [0, 0.05) is 17.0 Å². The topological polar surface area (TPSA) is 44.8 Å². The van der Waals surface area contributed by atoms with Gasteiger partial charge in [0.05, 0.1) is 20.6 Å². The second-order valence-corrected chi connectivity index (χ2v) is 4.85. The number of methoxy groups -OCH3 is 2. The summed E-state index contributed by atoms with van der Waals surface area (Å²) in [4.78, 5) is 12.0. The van der Waals surface area contributed by atoms with Gasteiger partial charge >= 0.3 is 5.97 Å². The van der Waals surface area contributed by atoms with Crippen molar-refractivity contribution in [2.75, 3.05) is 14.2 Å². The van der Waals surface area contributed by atoms with E-state index >= 15 is 0 Å². The highest BCUT2D eigenvalue weighted by molar-refractivity contribution is 5.79. The molecule has 0 aromatic heterocycles. The molecule has 0 saturated heterocycles. The van der Waals surface area contributed by atoms with Crippen LogP contribution in [0, 0.1) is 0 Å². The van der Waals surface area contributed by atoms with Gasteiger partial charge in [-0.2, -0.15) is 0 Å². The second-order valence-electron chi connectivity index (χ2n) is 4.85. The van der Waals surface area contributed by atoms with Crippen molar-refractivity contribution in [2.24, 2.45) is 0 Å². The second kappa shape index (κ2) is 5.48. The average Bonchev–Trinajstić information content (AvgIpc) is 2.53. The number of carbonyl (C=O) groups is 1. The van der Waals surface area contributed by atoms with Gasteiger partial charge in [-0.1, -0.05) is 30.3 Å². The number of para-hydroxylation sites is 2. The molecule has 0 fully saturated rings. The van der Waals surface area contributed by atoms with E-state index in [1.807, 2.05) is 36.4 Å². The summed E-state index contributed by atoms with van der Waals surface area (Å²) in [6.07, 6.45) is 0.292. The lowest BCUT2D eigenvalue weighted by atomic mass is 9.85. The molecular formula is C17H16O4. The highest BCUT2D eigenvalue weighted by Crippen LogP contribution is 2.45. The molecule has 4 nitrogen and oxygen atoms in total. The van der Waals surface area contributed by atoms with E-state index in [1.165, 1.54) is 0 Å². The molecule has 0 aliphatic carbocycles. The standard InChI is InChI=1S/C17H16O4/c1-19-14-8-4-3-6-11(14)13-10-16(18)21-17-12(13)7-5-9-15(17)20-2/h3-9,13H,10H2,1-2H3/t13-/m0/s1. The number of hydrogen-bond acceptors (Lipinski definition) is 4. The minimum Gasteiger partial charge on any atom is -0.496 e. The Hall–Kier alpha value is -2.49. The number of esters is 1. The van der Waals surface area contributed by atoms with Gasteiger partial charge in [0.15, 0.2) is 11.5 Å². The van der Waals surface area contributed by atoms with Crippen LogP contribution < -0.4 is 14.2 Å². The maximum Gasteiger partial charge on any atom is 0.312 e. The van der Waals surface area contributed by atoms with Gasteiger partial charge in [0.2, 0.25) is 0 Å². The molecule has 0 radical (unpaired) electrons. The quantitative estimate of drug-likeness (QED) is 0.641. The fraction of sp³-hybridized carbons (Fsp3) is 0.235. The van der Waals surface area contributed by atoms with E-state index in [2.05, 4.69) is 0 Å². The fourth-order valence-corrected chi connectivity index (χ4v) is 2.74. The molecule has 1 aliphatic rings. The highest BCUT2D eigenvalue weighted by atomic mass is 16.6. The lowest BCUT2D eigenvalue weighted by molar-refractivity contribution is -0.135. The number of hydrogen-bond donors (Lipinski definition) is 0. The van der Waals surface area contributed by atoms with Crippen LogP contribution >= 0.6 is 0 Å². The van der Waals surface area contributed by atoms with Crippen LogP contribution in [0.5, 0.6) is 17.2 Å². The summed E-state index contributed by atoms with van der Waals surface area (Å²) in [6, 6.07) is 13.4. The van der Waals surface area contributed by atoms with Crippen LogP contribution in [0.2, 0.25) is 0 Å². The summed E-state index contributed by atoms with van der Waals surface area (Å²) in [5.74, 6) is 1.49. The Kier molecular flexibility index (Phi) is 3.52. The average molecular weight is 284 g/mol. The fourth-order valence-electron chi connectivity index (χ4n) is 2.74.